The van der Waals surface area contributed by atoms with E-state index in [2.05, 4.69) is 37.8 Å². The Morgan fingerprint density at radius 1 is 1.55 bits per heavy atom. The molecular formula is C14H21N7O. The van der Waals surface area contributed by atoms with E-state index in [0.29, 0.717) is 12.6 Å². The Morgan fingerprint density at radius 2 is 2.45 bits per heavy atom. The summed E-state index contributed by atoms with van der Waals surface area (Å²) in [5.41, 5.74) is 0.845. The first-order valence-corrected chi connectivity index (χ1v) is 7.57. The first kappa shape index (κ1) is 14.6. The van der Waals surface area contributed by atoms with Crippen molar-refractivity contribution in [2.75, 3.05) is 7.05 Å². The first-order valence-electron chi connectivity index (χ1n) is 7.57. The molecule has 0 saturated carbocycles. The standard InChI is InChI=1S/C14H21N7O/c1-3-12-18-13-5-4-11(9-21(13)19-12)17-14(15-2)16-8-10-6-7-22-20-10/h6-7,11H,3-5,8-9H2,1-2H3,(H2,15,16,17). The fourth-order valence-corrected chi connectivity index (χ4v) is 2.52. The number of nitrogens with zero attached hydrogens (tertiary/aromatic N) is 5. The van der Waals surface area contributed by atoms with Crippen LogP contribution in [0.2, 0.25) is 0 Å². The third-order valence-electron chi connectivity index (χ3n) is 3.71. The molecule has 0 aliphatic carbocycles. The molecule has 1 aliphatic heterocycles. The van der Waals surface area contributed by atoms with Crippen LogP contribution >= 0.6 is 0 Å². The third-order valence-corrected chi connectivity index (χ3v) is 3.71. The van der Waals surface area contributed by atoms with Crippen LogP contribution in [0.1, 0.15) is 30.7 Å². The van der Waals surface area contributed by atoms with Crippen LogP contribution in [0.4, 0.5) is 0 Å². The monoisotopic (exact) mass is 303 g/mol. The van der Waals surface area contributed by atoms with Gasteiger partial charge in [0.2, 0.25) is 0 Å². The molecule has 8 heteroatoms. The zero-order chi connectivity index (χ0) is 15.4. The topological polar surface area (TPSA) is 93.2 Å². The summed E-state index contributed by atoms with van der Waals surface area (Å²) in [6.07, 6.45) is 4.39. The van der Waals surface area contributed by atoms with Gasteiger partial charge < -0.3 is 15.2 Å². The van der Waals surface area contributed by atoms with Crippen LogP contribution < -0.4 is 10.6 Å². The van der Waals surface area contributed by atoms with Crippen LogP contribution in [0.5, 0.6) is 0 Å². The van der Waals surface area contributed by atoms with Crippen molar-refractivity contribution in [3.05, 3.63) is 29.7 Å². The summed E-state index contributed by atoms with van der Waals surface area (Å²) < 4.78 is 6.82. The summed E-state index contributed by atoms with van der Waals surface area (Å²) in [5.74, 6) is 2.76. The molecule has 2 N–H and O–H groups in total. The Balaban J connectivity index is 1.56. The SMILES string of the molecule is CCc1nc2n(n1)CC(NC(=NC)NCc1ccon1)CC2. The Kier molecular flexibility index (Phi) is 4.36. The highest BCUT2D eigenvalue weighted by Gasteiger charge is 2.22. The average Bonchev–Trinajstić information content (AvgIpc) is 3.19. The molecule has 1 unspecified atom stereocenters. The Bertz CT molecular complexity index is 632. The van der Waals surface area contributed by atoms with Crippen LogP contribution in [-0.4, -0.2) is 39.0 Å². The zero-order valence-electron chi connectivity index (χ0n) is 12.9. The highest BCUT2D eigenvalue weighted by molar-refractivity contribution is 5.79. The smallest absolute Gasteiger partial charge is 0.191 e. The van der Waals surface area contributed by atoms with Gasteiger partial charge in [-0.25, -0.2) is 9.67 Å². The van der Waals surface area contributed by atoms with Gasteiger partial charge in [-0.1, -0.05) is 12.1 Å². The molecule has 0 radical (unpaired) electrons. The third kappa shape index (κ3) is 3.26. The minimum atomic E-state index is 0.294. The highest BCUT2D eigenvalue weighted by atomic mass is 16.5. The lowest BCUT2D eigenvalue weighted by Crippen LogP contribution is -2.46. The van der Waals surface area contributed by atoms with Crippen LogP contribution in [0.3, 0.4) is 0 Å². The molecule has 22 heavy (non-hydrogen) atoms. The second kappa shape index (κ2) is 6.59. The predicted molar refractivity (Wildman–Crippen MR) is 81.3 cm³/mol. The van der Waals surface area contributed by atoms with Crippen LogP contribution in [0, 0.1) is 0 Å². The van der Waals surface area contributed by atoms with E-state index in [0.717, 1.165) is 49.1 Å². The van der Waals surface area contributed by atoms with E-state index in [1.165, 1.54) is 0 Å². The van der Waals surface area contributed by atoms with Gasteiger partial charge >= 0.3 is 0 Å². The number of fused-ring (bicyclic) bond motifs is 1. The fraction of sp³-hybridized carbons (Fsp3) is 0.571. The summed E-state index contributed by atoms with van der Waals surface area (Å²) >= 11 is 0. The van der Waals surface area contributed by atoms with E-state index < -0.39 is 0 Å². The van der Waals surface area contributed by atoms with Gasteiger partial charge in [0.25, 0.3) is 0 Å². The lowest BCUT2D eigenvalue weighted by atomic mass is 10.1. The van der Waals surface area contributed by atoms with Gasteiger partial charge in [-0.3, -0.25) is 4.99 Å². The molecular weight excluding hydrogens is 282 g/mol. The normalized spacial score (nSPS) is 18.1. The lowest BCUT2D eigenvalue weighted by Gasteiger charge is -2.25. The summed E-state index contributed by atoms with van der Waals surface area (Å²) in [5, 5.41) is 15.0. The maximum absolute atomic E-state index is 4.81. The number of guanidine groups is 1. The Morgan fingerprint density at radius 3 is 3.18 bits per heavy atom. The van der Waals surface area contributed by atoms with E-state index in [1.807, 2.05) is 10.7 Å². The second-order valence-electron chi connectivity index (χ2n) is 5.28. The molecule has 3 heterocycles. The van der Waals surface area contributed by atoms with E-state index in [1.54, 1.807) is 13.3 Å². The van der Waals surface area contributed by atoms with Crippen molar-refractivity contribution in [3.8, 4) is 0 Å². The summed E-state index contributed by atoms with van der Waals surface area (Å²) in [6, 6.07) is 2.12. The molecule has 8 nitrogen and oxygen atoms in total. The number of aromatic nitrogens is 4. The molecule has 118 valence electrons. The molecule has 0 fully saturated rings. The lowest BCUT2D eigenvalue weighted by molar-refractivity contribution is 0.391. The number of hydrogen-bond acceptors (Lipinski definition) is 5. The summed E-state index contributed by atoms with van der Waals surface area (Å²) in [4.78, 5) is 8.78. The summed E-state index contributed by atoms with van der Waals surface area (Å²) in [7, 11) is 1.76. The molecule has 1 atom stereocenters. The molecule has 0 spiro atoms. The second-order valence-corrected chi connectivity index (χ2v) is 5.28. The van der Waals surface area contributed by atoms with Gasteiger partial charge in [0.1, 0.15) is 17.8 Å². The quantitative estimate of drug-likeness (QED) is 0.631. The van der Waals surface area contributed by atoms with Crippen molar-refractivity contribution >= 4 is 5.96 Å². The predicted octanol–water partition coefficient (Wildman–Crippen LogP) is 0.509. The van der Waals surface area contributed by atoms with Gasteiger partial charge in [0, 0.05) is 32.0 Å². The maximum Gasteiger partial charge on any atom is 0.191 e. The molecule has 2 aromatic rings. The molecule has 0 aromatic carbocycles. The molecule has 0 saturated heterocycles. The van der Waals surface area contributed by atoms with Gasteiger partial charge in [0.15, 0.2) is 11.8 Å². The molecule has 2 aromatic heterocycles. The number of aryl methyl sites for hydroxylation is 2. The van der Waals surface area contributed by atoms with Gasteiger partial charge in [-0.15, -0.1) is 0 Å². The van der Waals surface area contributed by atoms with E-state index >= 15 is 0 Å². The molecule has 1 aliphatic rings. The van der Waals surface area contributed by atoms with Crippen molar-refractivity contribution in [2.24, 2.45) is 4.99 Å². The largest absolute Gasteiger partial charge is 0.364 e. The van der Waals surface area contributed by atoms with Gasteiger partial charge in [-0.05, 0) is 6.42 Å². The summed E-state index contributed by atoms with van der Waals surface area (Å²) in [6.45, 7) is 3.47. The van der Waals surface area contributed by atoms with Crippen molar-refractivity contribution in [1.82, 2.24) is 30.6 Å². The van der Waals surface area contributed by atoms with Crippen molar-refractivity contribution in [3.63, 3.8) is 0 Å². The highest BCUT2D eigenvalue weighted by Crippen LogP contribution is 2.13. The average molecular weight is 303 g/mol. The zero-order valence-corrected chi connectivity index (χ0v) is 12.9. The minimum Gasteiger partial charge on any atom is -0.364 e. The molecule has 0 bridgehead atoms. The van der Waals surface area contributed by atoms with E-state index in [9.17, 15) is 0 Å². The maximum atomic E-state index is 4.81. The Hall–Kier alpha value is -2.38. The Labute approximate surface area is 129 Å². The van der Waals surface area contributed by atoms with Crippen LogP contribution in [0.25, 0.3) is 0 Å². The minimum absolute atomic E-state index is 0.294. The van der Waals surface area contributed by atoms with Crippen molar-refractivity contribution in [2.45, 2.75) is 45.3 Å². The van der Waals surface area contributed by atoms with Crippen LogP contribution in [0.15, 0.2) is 21.8 Å². The molecule has 0 amide bonds. The number of rotatable bonds is 4. The van der Waals surface area contributed by atoms with Gasteiger partial charge in [0.05, 0.1) is 13.1 Å². The van der Waals surface area contributed by atoms with Crippen LogP contribution in [-0.2, 0) is 25.9 Å². The number of aliphatic imine (C=N–C) groups is 1. The van der Waals surface area contributed by atoms with Crippen molar-refractivity contribution < 1.29 is 4.52 Å². The number of hydrogen-bond donors (Lipinski definition) is 2. The van der Waals surface area contributed by atoms with E-state index in [4.69, 9.17) is 4.52 Å². The van der Waals surface area contributed by atoms with Crippen molar-refractivity contribution in [1.29, 1.82) is 0 Å². The van der Waals surface area contributed by atoms with E-state index in [-0.39, 0.29) is 0 Å². The first-order chi connectivity index (χ1) is 10.8. The van der Waals surface area contributed by atoms with Gasteiger partial charge in [-0.2, -0.15) is 5.10 Å². The molecule has 3 rings (SSSR count). The fourth-order valence-electron chi connectivity index (χ4n) is 2.52. The number of nitrogens with one attached hydrogen (secondary N) is 2.